The van der Waals surface area contributed by atoms with Crippen LogP contribution in [0.25, 0.3) is 0 Å². The summed E-state index contributed by atoms with van der Waals surface area (Å²) in [6.45, 7) is 5.25. The maximum Gasteiger partial charge on any atom is 0.159 e. The number of pyridine rings is 1. The van der Waals surface area contributed by atoms with Gasteiger partial charge in [-0.2, -0.15) is 0 Å². The summed E-state index contributed by atoms with van der Waals surface area (Å²) in [7, 11) is 0. The fourth-order valence-electron chi connectivity index (χ4n) is 16.0. The van der Waals surface area contributed by atoms with E-state index in [0.29, 0.717) is 83.8 Å². The van der Waals surface area contributed by atoms with Crippen molar-refractivity contribution in [2.45, 2.75) is 123 Å². The van der Waals surface area contributed by atoms with E-state index in [0.717, 1.165) is 32.9 Å². The summed E-state index contributed by atoms with van der Waals surface area (Å²) in [5.41, 5.74) is 7.51. The smallest absolute Gasteiger partial charge is 0.159 e. The molecule has 10 aliphatic heterocycles. The van der Waals surface area contributed by atoms with Crippen LogP contribution in [0.2, 0.25) is 17.5 Å². The van der Waals surface area contributed by atoms with Crippen molar-refractivity contribution in [3.05, 3.63) is 114 Å². The van der Waals surface area contributed by atoms with Crippen LogP contribution >= 0.6 is 0 Å². The Kier molecular flexibility index (Phi) is 7.16. The van der Waals surface area contributed by atoms with Crippen molar-refractivity contribution in [2.24, 2.45) is 11.8 Å². The third-order valence-corrected chi connectivity index (χ3v) is 17.5. The Morgan fingerprint density at radius 1 is 0.561 bits per heavy atom. The molecule has 11 aliphatic rings. The van der Waals surface area contributed by atoms with Crippen LogP contribution in [0.1, 0.15) is 63.0 Å². The Balaban J connectivity index is 0.975. The molecule has 10 heteroatoms. The van der Waals surface area contributed by atoms with Crippen molar-refractivity contribution in [1.29, 1.82) is 0 Å². The summed E-state index contributed by atoms with van der Waals surface area (Å²) < 4.78 is 0. The largest absolute Gasteiger partial charge is 0.351 e. The highest BCUT2D eigenvalue weighted by Crippen LogP contribution is 2.68. The van der Waals surface area contributed by atoms with Crippen molar-refractivity contribution in [1.82, 2.24) is 36.1 Å². The van der Waals surface area contributed by atoms with E-state index >= 15 is 0 Å². The first-order chi connectivity index (χ1) is 28.3. The van der Waals surface area contributed by atoms with Gasteiger partial charge in [-0.05, 0) is 143 Å². The van der Waals surface area contributed by atoms with Crippen LogP contribution in [-0.2, 0) is 0 Å². The fraction of sp³-hybridized carbons (Fsp3) is 0.553. The molecule has 3 aromatic rings. The van der Waals surface area contributed by atoms with E-state index in [9.17, 15) is 0 Å². The number of piperidine rings is 4. The Bertz CT molecular complexity index is 2000. The van der Waals surface area contributed by atoms with E-state index in [1.165, 1.54) is 68.4 Å². The molecule has 6 saturated heterocycles. The molecule has 1 aromatic heterocycles. The first-order valence-electron chi connectivity index (χ1n) is 22.9. The number of aromatic nitrogens is 1. The van der Waals surface area contributed by atoms with Gasteiger partial charge in [0.25, 0.3) is 0 Å². The van der Waals surface area contributed by atoms with Crippen LogP contribution in [0.15, 0.2) is 108 Å². The molecule has 4 N–H and O–H groups in total. The maximum atomic E-state index is 5.18. The van der Waals surface area contributed by atoms with Gasteiger partial charge < -0.3 is 30.2 Å². The summed E-state index contributed by atoms with van der Waals surface area (Å²) in [5.74, 6) is 6.72. The summed E-state index contributed by atoms with van der Waals surface area (Å²) in [6, 6.07) is 32.5. The molecule has 292 valence electrons. The molecule has 1 aliphatic carbocycles. The van der Waals surface area contributed by atoms with Gasteiger partial charge in [-0.3, -0.25) is 15.6 Å². The molecule has 0 spiro atoms. The zero-order valence-corrected chi connectivity index (χ0v) is 33.0. The van der Waals surface area contributed by atoms with Crippen molar-refractivity contribution in [2.75, 3.05) is 36.0 Å². The molecule has 0 amide bonds. The van der Waals surface area contributed by atoms with Gasteiger partial charge in [0, 0.05) is 65.2 Å². The van der Waals surface area contributed by atoms with Crippen LogP contribution in [0.4, 0.5) is 11.4 Å². The van der Waals surface area contributed by atoms with Crippen molar-refractivity contribution in [3.8, 4) is 0 Å². The van der Waals surface area contributed by atoms with Crippen LogP contribution in [0, 0.1) is 11.8 Å². The zero-order chi connectivity index (χ0) is 36.9. The SMILES string of the molecule is c1ccc(N2C3=C(C4CCCNC42)C2NCCC4B5C6CCNC7C8=C(N(c9ccccc9)C9NCCCC89)N(C8CC(c9ccccn9)CC(C58)N3C42)C67)cc1. The number of anilines is 2. The highest BCUT2D eigenvalue weighted by atomic mass is 15.5. The molecule has 14 rings (SSSR count). The summed E-state index contributed by atoms with van der Waals surface area (Å²) >= 11 is 0. The third kappa shape index (κ3) is 4.33. The van der Waals surface area contributed by atoms with Crippen LogP contribution in [0.5, 0.6) is 0 Å². The maximum absolute atomic E-state index is 5.18. The van der Waals surface area contributed by atoms with Gasteiger partial charge in [0.05, 0.1) is 24.4 Å². The highest BCUT2D eigenvalue weighted by molar-refractivity contribution is 6.65. The standard InChI is InChI=1S/C47H56BN9/c1-3-11-28(12-4-1)54-44-30(15-9-21-52-44)37-40-42-32(18-23-50-40)48-33-19-24-51-41-38-31-16-10-22-53-45(31)55(29-13-5-2-6-14-29)47(38)57(43(33)41)36-26-27(34-17-7-8-20-49-34)25-35(39(36)48)56(42)46(37)54/h1-8,11-14,17,20,27,30-33,35-36,39-45,50-53H,9-10,15-16,18-19,21-26H2. The Hall–Kier alpha value is -3.83. The first kappa shape index (κ1) is 33.1. The van der Waals surface area contributed by atoms with Gasteiger partial charge >= 0.3 is 0 Å². The molecule has 57 heavy (non-hydrogen) atoms. The summed E-state index contributed by atoms with van der Waals surface area (Å²) in [6.07, 6.45) is 12.8. The molecule has 0 radical (unpaired) electrons. The lowest BCUT2D eigenvalue weighted by Gasteiger charge is -2.68. The van der Waals surface area contributed by atoms with E-state index in [2.05, 4.69) is 126 Å². The fourth-order valence-corrected chi connectivity index (χ4v) is 16.0. The molecule has 12 atom stereocenters. The number of rotatable bonds is 3. The molecule has 2 aromatic carbocycles. The second-order valence-electron chi connectivity index (χ2n) is 19.5. The highest BCUT2D eigenvalue weighted by Gasteiger charge is 2.72. The lowest BCUT2D eigenvalue weighted by atomic mass is 9.19. The monoisotopic (exact) mass is 757 g/mol. The van der Waals surface area contributed by atoms with Gasteiger partial charge in [0.2, 0.25) is 0 Å². The lowest BCUT2D eigenvalue weighted by Crippen LogP contribution is -2.75. The van der Waals surface area contributed by atoms with E-state index < -0.39 is 0 Å². The second-order valence-corrected chi connectivity index (χ2v) is 19.5. The second kappa shape index (κ2) is 12.4. The van der Waals surface area contributed by atoms with E-state index in [-0.39, 0.29) is 0 Å². The predicted molar refractivity (Wildman–Crippen MR) is 226 cm³/mol. The van der Waals surface area contributed by atoms with Gasteiger partial charge in [0.1, 0.15) is 11.6 Å². The average molecular weight is 758 g/mol. The number of hydrogen-bond donors (Lipinski definition) is 4. The third-order valence-electron chi connectivity index (χ3n) is 17.5. The Morgan fingerprint density at radius 3 is 1.60 bits per heavy atom. The zero-order valence-electron chi connectivity index (χ0n) is 33.0. The quantitative estimate of drug-likeness (QED) is 0.258. The van der Waals surface area contributed by atoms with Crippen LogP contribution in [-0.4, -0.2) is 96.3 Å². The number of hydrogen-bond acceptors (Lipinski definition) is 9. The first-order valence-corrected chi connectivity index (χ1v) is 22.9. The van der Waals surface area contributed by atoms with Crippen molar-refractivity contribution < 1.29 is 0 Å². The molecule has 11 heterocycles. The minimum atomic E-state index is 0.332. The number of para-hydroxylation sites is 2. The Labute approximate surface area is 337 Å². The summed E-state index contributed by atoms with van der Waals surface area (Å²) in [4.78, 5) is 17.1. The van der Waals surface area contributed by atoms with E-state index in [1.807, 2.05) is 0 Å². The average Bonchev–Trinajstić information content (AvgIpc) is 4.00. The lowest BCUT2D eigenvalue weighted by molar-refractivity contribution is 0.0177. The van der Waals surface area contributed by atoms with Gasteiger partial charge in [-0.25, -0.2) is 0 Å². The minimum absolute atomic E-state index is 0.332. The molecular formula is C47H56BN9. The normalized spacial score (nSPS) is 42.0. The molecule has 7 fully saturated rings. The van der Waals surface area contributed by atoms with Gasteiger partial charge in [-0.1, -0.05) is 42.5 Å². The Morgan fingerprint density at radius 2 is 1.09 bits per heavy atom. The number of fused-ring (bicyclic) bond motifs is 12. The molecule has 1 saturated carbocycles. The van der Waals surface area contributed by atoms with Crippen molar-refractivity contribution >= 4 is 18.1 Å². The van der Waals surface area contributed by atoms with Gasteiger partial charge in [0.15, 0.2) is 6.71 Å². The topological polar surface area (TPSA) is 74.0 Å². The number of benzene rings is 2. The van der Waals surface area contributed by atoms with Crippen LogP contribution in [0.3, 0.4) is 0 Å². The van der Waals surface area contributed by atoms with E-state index in [1.54, 1.807) is 22.8 Å². The van der Waals surface area contributed by atoms with Gasteiger partial charge in [-0.15, -0.1) is 0 Å². The van der Waals surface area contributed by atoms with Crippen LogP contribution < -0.4 is 31.1 Å². The minimum Gasteiger partial charge on any atom is -0.351 e. The number of nitrogens with one attached hydrogen (secondary N) is 4. The molecule has 0 bridgehead atoms. The number of nitrogens with zero attached hydrogens (tertiary/aromatic N) is 5. The molecular weight excluding hydrogens is 701 g/mol. The molecule has 12 unspecified atom stereocenters. The predicted octanol–water partition coefficient (Wildman–Crippen LogP) is 5.54. The molecule has 9 nitrogen and oxygen atoms in total. The van der Waals surface area contributed by atoms with Crippen molar-refractivity contribution in [3.63, 3.8) is 0 Å². The van der Waals surface area contributed by atoms with E-state index in [4.69, 9.17) is 4.98 Å². The summed E-state index contributed by atoms with van der Waals surface area (Å²) in [5, 5.41) is 16.7.